The van der Waals surface area contributed by atoms with Crippen molar-refractivity contribution in [3.05, 3.63) is 58.1 Å². The third kappa shape index (κ3) is 5.84. The average molecular weight is 463 g/mol. The zero-order valence-corrected chi connectivity index (χ0v) is 19.5. The van der Waals surface area contributed by atoms with Crippen LogP contribution in [0.5, 0.6) is 0 Å². The van der Waals surface area contributed by atoms with Crippen LogP contribution in [0.2, 0.25) is 5.02 Å². The van der Waals surface area contributed by atoms with Crippen LogP contribution in [-0.4, -0.2) is 57.6 Å². The van der Waals surface area contributed by atoms with E-state index in [0.29, 0.717) is 29.2 Å². The monoisotopic (exact) mass is 462 g/mol. The lowest BCUT2D eigenvalue weighted by Gasteiger charge is -2.29. The van der Waals surface area contributed by atoms with Gasteiger partial charge in [-0.25, -0.2) is 0 Å². The number of sulfonamides is 1. The van der Waals surface area contributed by atoms with Gasteiger partial charge in [-0.3, -0.25) is 9.69 Å². The molecule has 0 radical (unpaired) electrons. The fourth-order valence-corrected chi connectivity index (χ4v) is 4.97. The molecule has 3 rings (SSSR count). The van der Waals surface area contributed by atoms with Crippen molar-refractivity contribution < 1.29 is 13.2 Å². The Balaban J connectivity index is 1.95. The average Bonchev–Trinajstić information content (AvgIpc) is 2.73. The molecule has 1 heterocycles. The van der Waals surface area contributed by atoms with E-state index >= 15 is 0 Å². The van der Waals surface area contributed by atoms with Gasteiger partial charge in [-0.1, -0.05) is 36.7 Å². The molecule has 9 heteroatoms. The second-order valence-electron chi connectivity index (χ2n) is 7.71. The van der Waals surface area contributed by atoms with Gasteiger partial charge >= 0.3 is 0 Å². The van der Waals surface area contributed by atoms with E-state index in [1.54, 1.807) is 37.2 Å². The van der Waals surface area contributed by atoms with E-state index in [1.165, 1.54) is 12.4 Å². The lowest BCUT2D eigenvalue weighted by molar-refractivity contribution is -0.115. The summed E-state index contributed by atoms with van der Waals surface area (Å²) in [5.74, 6) is -0.267. The Morgan fingerprint density at radius 3 is 2.71 bits per heavy atom. The van der Waals surface area contributed by atoms with Crippen LogP contribution in [0.3, 0.4) is 0 Å². The number of carbonyl (C=O) groups excluding carboxylic acids is 1. The SMILES string of the molecule is CCN1CCc2c(cc(NC(=O)Cc3ccccc3Cl)cc2S(=O)(=O)/N=C/N(C)C)C1. The molecule has 7 nitrogen and oxygen atoms in total. The Morgan fingerprint density at radius 1 is 1.29 bits per heavy atom. The van der Waals surface area contributed by atoms with E-state index in [4.69, 9.17) is 11.6 Å². The minimum absolute atomic E-state index is 0.0959. The smallest absolute Gasteiger partial charge is 0.284 e. The topological polar surface area (TPSA) is 82.1 Å². The van der Waals surface area contributed by atoms with Crippen molar-refractivity contribution in [1.82, 2.24) is 9.80 Å². The number of anilines is 1. The van der Waals surface area contributed by atoms with Gasteiger partial charge in [-0.05, 0) is 47.9 Å². The minimum atomic E-state index is -3.91. The number of hydrogen-bond donors (Lipinski definition) is 1. The van der Waals surface area contributed by atoms with Gasteiger partial charge in [0.2, 0.25) is 5.91 Å². The Kier molecular flexibility index (Phi) is 7.35. The minimum Gasteiger partial charge on any atom is -0.368 e. The van der Waals surface area contributed by atoms with Gasteiger partial charge in [0.05, 0.1) is 11.3 Å². The van der Waals surface area contributed by atoms with Crippen LogP contribution in [0.1, 0.15) is 23.6 Å². The maximum Gasteiger partial charge on any atom is 0.284 e. The third-order valence-electron chi connectivity index (χ3n) is 5.11. The first-order chi connectivity index (χ1) is 14.7. The van der Waals surface area contributed by atoms with Crippen molar-refractivity contribution in [2.75, 3.05) is 32.5 Å². The molecule has 1 N–H and O–H groups in total. The molecule has 0 saturated heterocycles. The largest absolute Gasteiger partial charge is 0.368 e. The second kappa shape index (κ2) is 9.80. The van der Waals surface area contributed by atoms with Crippen LogP contribution in [0.25, 0.3) is 0 Å². The van der Waals surface area contributed by atoms with Crippen molar-refractivity contribution >= 4 is 39.6 Å². The molecule has 0 bridgehead atoms. The first kappa shape index (κ1) is 23.2. The summed E-state index contributed by atoms with van der Waals surface area (Å²) < 4.78 is 29.7. The number of hydrogen-bond acceptors (Lipinski definition) is 4. The van der Waals surface area contributed by atoms with Crippen LogP contribution in [0.4, 0.5) is 5.69 Å². The molecule has 0 fully saturated rings. The molecule has 0 spiro atoms. The highest BCUT2D eigenvalue weighted by Gasteiger charge is 2.26. The number of benzene rings is 2. The molecular weight excluding hydrogens is 436 g/mol. The van der Waals surface area contributed by atoms with E-state index in [-0.39, 0.29) is 17.2 Å². The second-order valence-corrected chi connectivity index (χ2v) is 9.71. The molecule has 0 atom stereocenters. The van der Waals surface area contributed by atoms with Gasteiger partial charge < -0.3 is 10.2 Å². The van der Waals surface area contributed by atoms with E-state index in [0.717, 1.165) is 24.2 Å². The number of nitrogens with one attached hydrogen (secondary N) is 1. The van der Waals surface area contributed by atoms with E-state index in [9.17, 15) is 13.2 Å². The van der Waals surface area contributed by atoms with Gasteiger partial charge in [-0.2, -0.15) is 8.42 Å². The lowest BCUT2D eigenvalue weighted by Crippen LogP contribution is -2.31. The van der Waals surface area contributed by atoms with Crippen LogP contribution >= 0.6 is 11.6 Å². The number of nitrogens with zero attached hydrogens (tertiary/aromatic N) is 3. The van der Waals surface area contributed by atoms with Crippen LogP contribution in [0, 0.1) is 0 Å². The van der Waals surface area contributed by atoms with E-state index < -0.39 is 10.0 Å². The molecule has 0 unspecified atom stereocenters. The molecule has 1 amide bonds. The summed E-state index contributed by atoms with van der Waals surface area (Å²) in [6.45, 7) is 4.34. The van der Waals surface area contributed by atoms with E-state index in [2.05, 4.69) is 21.5 Å². The Morgan fingerprint density at radius 2 is 2.03 bits per heavy atom. The van der Waals surface area contributed by atoms with Crippen molar-refractivity contribution in [3.8, 4) is 0 Å². The lowest BCUT2D eigenvalue weighted by atomic mass is 9.98. The molecule has 1 aliphatic rings. The predicted octanol–water partition coefficient (Wildman–Crippen LogP) is 3.18. The van der Waals surface area contributed by atoms with Gasteiger partial charge in [0.1, 0.15) is 6.34 Å². The number of rotatable bonds is 7. The van der Waals surface area contributed by atoms with Crippen molar-refractivity contribution in [1.29, 1.82) is 0 Å². The number of carbonyl (C=O) groups is 1. The standard InChI is InChI=1S/C22H27ClN4O3S/c1-4-27-10-9-19-17(14-27)11-18(13-21(19)31(29,30)24-15-26(2)3)25-22(28)12-16-7-5-6-8-20(16)23/h5-8,11,13,15H,4,9-10,12,14H2,1-3H3,(H,25,28)/b24-15+. The first-order valence-corrected chi connectivity index (χ1v) is 11.9. The molecule has 0 aliphatic carbocycles. The predicted molar refractivity (Wildman–Crippen MR) is 124 cm³/mol. The molecular formula is C22H27ClN4O3S. The highest BCUT2D eigenvalue weighted by molar-refractivity contribution is 7.90. The molecule has 2 aromatic carbocycles. The molecule has 31 heavy (non-hydrogen) atoms. The zero-order chi connectivity index (χ0) is 22.6. The number of amides is 1. The molecule has 0 saturated carbocycles. The van der Waals surface area contributed by atoms with Gasteiger partial charge in [0.25, 0.3) is 10.0 Å². The Bertz CT molecular complexity index is 1100. The van der Waals surface area contributed by atoms with Gasteiger partial charge in [0.15, 0.2) is 0 Å². The summed E-state index contributed by atoms with van der Waals surface area (Å²) >= 11 is 6.16. The van der Waals surface area contributed by atoms with Gasteiger partial charge in [0, 0.05) is 37.9 Å². The Hall–Kier alpha value is -2.42. The molecule has 1 aliphatic heterocycles. The number of fused-ring (bicyclic) bond motifs is 1. The van der Waals surface area contributed by atoms with Gasteiger partial charge in [-0.15, -0.1) is 4.40 Å². The fourth-order valence-electron chi connectivity index (χ4n) is 3.52. The molecule has 0 aromatic heterocycles. The van der Waals surface area contributed by atoms with Crippen molar-refractivity contribution in [3.63, 3.8) is 0 Å². The summed E-state index contributed by atoms with van der Waals surface area (Å²) in [5.41, 5.74) is 2.81. The third-order valence-corrected chi connectivity index (χ3v) is 6.77. The number of likely N-dealkylation sites (N-methyl/N-ethyl adjacent to an activating group) is 1. The summed E-state index contributed by atoms with van der Waals surface area (Å²) in [6, 6.07) is 10.5. The molecule has 2 aromatic rings. The van der Waals surface area contributed by atoms with Crippen LogP contribution in [0.15, 0.2) is 45.7 Å². The summed E-state index contributed by atoms with van der Waals surface area (Å²) in [4.78, 5) is 16.6. The maximum atomic E-state index is 13.0. The van der Waals surface area contributed by atoms with Crippen molar-refractivity contribution in [2.45, 2.75) is 31.2 Å². The fraction of sp³-hybridized carbons (Fsp3) is 0.364. The van der Waals surface area contributed by atoms with E-state index in [1.807, 2.05) is 12.1 Å². The van der Waals surface area contributed by atoms with Crippen LogP contribution < -0.4 is 5.32 Å². The molecule has 166 valence electrons. The van der Waals surface area contributed by atoms with Crippen LogP contribution in [-0.2, 0) is 34.2 Å². The van der Waals surface area contributed by atoms with Crippen molar-refractivity contribution in [2.24, 2.45) is 4.40 Å². The summed E-state index contributed by atoms with van der Waals surface area (Å²) in [7, 11) is -0.493. The maximum absolute atomic E-state index is 13.0. The highest BCUT2D eigenvalue weighted by atomic mass is 35.5. The summed E-state index contributed by atoms with van der Waals surface area (Å²) in [6.07, 6.45) is 1.98. The zero-order valence-electron chi connectivity index (χ0n) is 17.9. The Labute approximate surface area is 188 Å². The summed E-state index contributed by atoms with van der Waals surface area (Å²) in [5, 5.41) is 3.35. The normalized spacial score (nSPS) is 14.5. The number of halogens is 1. The quantitative estimate of drug-likeness (QED) is 0.504. The first-order valence-electron chi connectivity index (χ1n) is 10.1. The highest BCUT2D eigenvalue weighted by Crippen LogP contribution is 2.31.